The summed E-state index contributed by atoms with van der Waals surface area (Å²) in [4.78, 5) is 36.6. The van der Waals surface area contributed by atoms with Gasteiger partial charge in [0.2, 0.25) is 17.8 Å². The number of nitrogen functional groups attached to an aromatic ring is 1. The molecule has 1 aromatic heterocycles. The predicted molar refractivity (Wildman–Crippen MR) is 116 cm³/mol. The summed E-state index contributed by atoms with van der Waals surface area (Å²) in [6.45, 7) is 1.72. The van der Waals surface area contributed by atoms with Crippen LogP contribution in [0.15, 0.2) is 42.5 Å². The lowest BCUT2D eigenvalue weighted by Crippen LogP contribution is -2.33. The van der Waals surface area contributed by atoms with Gasteiger partial charge in [-0.05, 0) is 24.3 Å². The Morgan fingerprint density at radius 2 is 1.87 bits per heavy atom. The summed E-state index contributed by atoms with van der Waals surface area (Å²) in [5, 5.41) is 7.69. The minimum atomic E-state index is -0.750. The van der Waals surface area contributed by atoms with Crippen LogP contribution in [0.2, 0.25) is 0 Å². The third-order valence-corrected chi connectivity index (χ3v) is 5.71. The van der Waals surface area contributed by atoms with E-state index in [1.165, 1.54) is 0 Å². The van der Waals surface area contributed by atoms with Gasteiger partial charge in [0.05, 0.1) is 11.5 Å². The van der Waals surface area contributed by atoms with Crippen molar-refractivity contribution >= 4 is 45.9 Å². The molecule has 2 aliphatic heterocycles. The number of benzene rings is 2. The van der Waals surface area contributed by atoms with Crippen LogP contribution in [0.5, 0.6) is 0 Å². The number of hydrogen-bond donors (Lipinski definition) is 3. The highest BCUT2D eigenvalue weighted by molar-refractivity contribution is 6.08. The highest BCUT2D eigenvalue weighted by Gasteiger charge is 2.35. The fourth-order valence-corrected chi connectivity index (χ4v) is 4.22. The number of aromatic nitrogens is 2. The molecule has 0 spiro atoms. The zero-order valence-electron chi connectivity index (χ0n) is 16.4. The average molecular weight is 402 g/mol. The van der Waals surface area contributed by atoms with E-state index in [4.69, 9.17) is 5.73 Å². The number of amides is 2. The highest BCUT2D eigenvalue weighted by atomic mass is 16.2. The minimum absolute atomic E-state index is 0.000219. The van der Waals surface area contributed by atoms with E-state index in [2.05, 4.69) is 20.6 Å². The number of carbonyl (C=O) groups is 2. The van der Waals surface area contributed by atoms with Crippen LogP contribution in [0.4, 0.5) is 23.3 Å². The van der Waals surface area contributed by atoms with Gasteiger partial charge in [-0.2, -0.15) is 9.97 Å². The monoisotopic (exact) mass is 402 g/mol. The smallest absolute Gasteiger partial charge is 0.232 e. The van der Waals surface area contributed by atoms with Crippen LogP contribution in [0.3, 0.4) is 0 Å². The summed E-state index contributed by atoms with van der Waals surface area (Å²) in [7, 11) is 0. The molecule has 8 nitrogen and oxygen atoms in total. The topological polar surface area (TPSA) is 113 Å². The third kappa shape index (κ3) is 3.20. The minimum Gasteiger partial charge on any atom is -0.383 e. The molecule has 5 rings (SSSR count). The number of anilines is 4. The third-order valence-electron chi connectivity index (χ3n) is 5.71. The van der Waals surface area contributed by atoms with Crippen molar-refractivity contribution in [3.05, 3.63) is 48.0 Å². The van der Waals surface area contributed by atoms with Gasteiger partial charge >= 0.3 is 0 Å². The Balaban J connectivity index is 1.49. The molecule has 8 heteroatoms. The molecule has 152 valence electrons. The fraction of sp³-hybridized carbons (Fsp3) is 0.273. The molecule has 2 aliphatic rings. The van der Waals surface area contributed by atoms with Crippen molar-refractivity contribution < 1.29 is 9.59 Å². The Bertz CT molecular complexity index is 1150. The van der Waals surface area contributed by atoms with E-state index >= 15 is 0 Å². The Labute approximate surface area is 173 Å². The highest BCUT2D eigenvalue weighted by Crippen LogP contribution is 2.37. The van der Waals surface area contributed by atoms with Gasteiger partial charge in [-0.15, -0.1) is 0 Å². The van der Waals surface area contributed by atoms with Gasteiger partial charge in [0, 0.05) is 30.6 Å². The number of fused-ring (bicyclic) bond motifs is 2. The van der Waals surface area contributed by atoms with Crippen LogP contribution in [0.25, 0.3) is 10.8 Å². The molecular formula is C22H22N6O2. The summed E-state index contributed by atoms with van der Waals surface area (Å²) >= 11 is 0. The van der Waals surface area contributed by atoms with Crippen molar-refractivity contribution in [1.29, 1.82) is 0 Å². The Hall–Kier alpha value is -3.68. The molecule has 1 atom stereocenters. The van der Waals surface area contributed by atoms with Crippen LogP contribution >= 0.6 is 0 Å². The van der Waals surface area contributed by atoms with Gasteiger partial charge in [0.15, 0.2) is 0 Å². The lowest BCUT2D eigenvalue weighted by atomic mass is 9.91. The molecule has 4 N–H and O–H groups in total. The van der Waals surface area contributed by atoms with Crippen LogP contribution in [-0.2, 0) is 9.59 Å². The fourth-order valence-electron chi connectivity index (χ4n) is 4.22. The first kappa shape index (κ1) is 18.4. The van der Waals surface area contributed by atoms with Crippen LogP contribution in [-0.4, -0.2) is 34.9 Å². The molecule has 30 heavy (non-hydrogen) atoms. The Kier molecular flexibility index (Phi) is 4.46. The molecule has 0 unspecified atom stereocenters. The first-order chi connectivity index (χ1) is 14.6. The van der Waals surface area contributed by atoms with E-state index in [0.29, 0.717) is 23.0 Å². The molecule has 0 radical (unpaired) electrons. The Morgan fingerprint density at radius 1 is 1.10 bits per heavy atom. The molecule has 1 saturated heterocycles. The van der Waals surface area contributed by atoms with Gasteiger partial charge in [-0.1, -0.05) is 36.4 Å². The van der Waals surface area contributed by atoms with E-state index < -0.39 is 5.92 Å². The van der Waals surface area contributed by atoms with Crippen molar-refractivity contribution in [3.8, 4) is 0 Å². The molecule has 3 heterocycles. The number of nitrogens with two attached hydrogens (primary N) is 1. The van der Waals surface area contributed by atoms with Gasteiger partial charge in [0.1, 0.15) is 11.6 Å². The lowest BCUT2D eigenvalue weighted by Gasteiger charge is -2.27. The van der Waals surface area contributed by atoms with Crippen LogP contribution in [0.1, 0.15) is 30.7 Å². The first-order valence-electron chi connectivity index (χ1n) is 10.1. The van der Waals surface area contributed by atoms with Gasteiger partial charge in [-0.25, -0.2) is 0 Å². The molecule has 2 aromatic carbocycles. The van der Waals surface area contributed by atoms with Gasteiger partial charge in [0.25, 0.3) is 0 Å². The van der Waals surface area contributed by atoms with Crippen molar-refractivity contribution in [2.45, 2.75) is 25.2 Å². The Morgan fingerprint density at radius 3 is 2.70 bits per heavy atom. The molecule has 0 bridgehead atoms. The van der Waals surface area contributed by atoms with Crippen molar-refractivity contribution in [2.24, 2.45) is 0 Å². The summed E-state index contributed by atoms with van der Waals surface area (Å²) in [5.74, 6) is -0.240. The van der Waals surface area contributed by atoms with Crippen molar-refractivity contribution in [2.75, 3.05) is 34.4 Å². The molecule has 3 aromatic rings. The second-order valence-electron chi connectivity index (χ2n) is 7.69. The van der Waals surface area contributed by atoms with Crippen LogP contribution in [0, 0.1) is 0 Å². The molecule has 0 saturated carbocycles. The quantitative estimate of drug-likeness (QED) is 0.621. The lowest BCUT2D eigenvalue weighted by molar-refractivity contribution is -0.123. The average Bonchev–Trinajstić information content (AvgIpc) is 3.28. The normalized spacial score (nSPS) is 18.2. The standard InChI is InChI=1S/C22H22N6O2/c23-19-18-15(21(30)24-16-9-5-7-13-6-1-2-8-14(13)16)12-17(29)25-20(18)27-22(26-19)28-10-3-4-11-28/h1-2,5-9,15H,3-4,10-12H2,(H,24,30)(H3,23,25,26,27,29)/t15-/m0/s1. The molecule has 2 amide bonds. The van der Waals surface area contributed by atoms with E-state index in [1.807, 2.05) is 47.4 Å². The largest absolute Gasteiger partial charge is 0.383 e. The first-order valence-corrected chi connectivity index (χ1v) is 10.1. The van der Waals surface area contributed by atoms with E-state index in [9.17, 15) is 9.59 Å². The zero-order valence-corrected chi connectivity index (χ0v) is 16.4. The molecule has 0 aliphatic carbocycles. The van der Waals surface area contributed by atoms with Crippen LogP contribution < -0.4 is 21.3 Å². The number of rotatable bonds is 3. The predicted octanol–water partition coefficient (Wildman–Crippen LogP) is 2.88. The van der Waals surface area contributed by atoms with Gasteiger partial charge < -0.3 is 21.3 Å². The zero-order chi connectivity index (χ0) is 20.7. The summed E-state index contributed by atoms with van der Waals surface area (Å²) in [6.07, 6.45) is 2.14. The summed E-state index contributed by atoms with van der Waals surface area (Å²) in [5.41, 5.74) is 7.43. The van der Waals surface area contributed by atoms with E-state index in [0.717, 1.165) is 36.7 Å². The molecular weight excluding hydrogens is 380 g/mol. The van der Waals surface area contributed by atoms with Gasteiger partial charge in [-0.3, -0.25) is 9.59 Å². The second kappa shape index (κ2) is 7.29. The maximum atomic E-state index is 13.2. The van der Waals surface area contributed by atoms with E-state index in [1.54, 1.807) is 0 Å². The number of nitrogens with one attached hydrogen (secondary N) is 2. The number of nitrogens with zero attached hydrogens (tertiary/aromatic N) is 3. The maximum Gasteiger partial charge on any atom is 0.232 e. The number of hydrogen-bond acceptors (Lipinski definition) is 6. The SMILES string of the molecule is Nc1nc(N2CCCC2)nc2c1[C@@H](C(=O)Nc1cccc3ccccc13)CC(=O)N2. The van der Waals surface area contributed by atoms with Crippen molar-refractivity contribution in [1.82, 2.24) is 9.97 Å². The summed E-state index contributed by atoms with van der Waals surface area (Å²) < 4.78 is 0. The van der Waals surface area contributed by atoms with Crippen molar-refractivity contribution in [3.63, 3.8) is 0 Å². The second-order valence-corrected chi connectivity index (χ2v) is 7.69. The number of carbonyl (C=O) groups excluding carboxylic acids is 2. The molecule has 1 fully saturated rings. The maximum absolute atomic E-state index is 13.2. The van der Waals surface area contributed by atoms with E-state index in [-0.39, 0.29) is 24.1 Å². The summed E-state index contributed by atoms with van der Waals surface area (Å²) in [6, 6.07) is 13.5.